The number of aromatic nitrogens is 4. The van der Waals surface area contributed by atoms with Gasteiger partial charge in [-0.3, -0.25) is 9.97 Å². The smallest absolute Gasteiger partial charge is 0.139 e. The molecule has 0 radical (unpaired) electrons. The summed E-state index contributed by atoms with van der Waals surface area (Å²) in [5, 5.41) is 2.08. The second-order valence-corrected chi connectivity index (χ2v) is 7.61. The number of nitrogens with one attached hydrogen (secondary N) is 1. The number of benzene rings is 2. The molecule has 3 aromatic heterocycles. The van der Waals surface area contributed by atoms with Crippen molar-refractivity contribution in [2.24, 2.45) is 0 Å². The molecule has 0 saturated carbocycles. The van der Waals surface area contributed by atoms with E-state index in [4.69, 9.17) is 4.98 Å². The Bertz CT molecular complexity index is 1310. The molecule has 0 spiro atoms. The number of imidazole rings is 1. The first-order chi connectivity index (χ1) is 13.5. The third-order valence-corrected chi connectivity index (χ3v) is 6.30. The van der Waals surface area contributed by atoms with Gasteiger partial charge in [-0.25, -0.2) is 4.98 Å². The highest BCUT2D eigenvalue weighted by Gasteiger charge is 2.19. The van der Waals surface area contributed by atoms with Gasteiger partial charge in [-0.2, -0.15) is 0 Å². The van der Waals surface area contributed by atoms with Crippen LogP contribution in [0.3, 0.4) is 0 Å². The fourth-order valence-corrected chi connectivity index (χ4v) is 4.32. The molecule has 0 unspecified atom stereocenters. The molecule has 3 heterocycles. The Morgan fingerprint density at radius 1 is 0.643 bits per heavy atom. The van der Waals surface area contributed by atoms with Crippen LogP contribution in [0, 0.1) is 34.6 Å². The molecule has 0 aliphatic carbocycles. The molecule has 0 aliphatic rings. The summed E-state index contributed by atoms with van der Waals surface area (Å²) in [6.45, 7) is 11.0. The molecule has 0 amide bonds. The molecule has 5 rings (SSSR count). The average Bonchev–Trinajstić information content (AvgIpc) is 3.16. The first kappa shape index (κ1) is 16.9. The molecule has 138 valence electrons. The first-order valence-corrected chi connectivity index (χ1v) is 9.57. The van der Waals surface area contributed by atoms with E-state index in [9.17, 15) is 0 Å². The van der Waals surface area contributed by atoms with E-state index in [-0.39, 0.29) is 0 Å². The third kappa shape index (κ3) is 2.15. The van der Waals surface area contributed by atoms with Gasteiger partial charge < -0.3 is 4.98 Å². The lowest BCUT2D eigenvalue weighted by Crippen LogP contribution is -2.00. The largest absolute Gasteiger partial charge is 0.337 e. The predicted octanol–water partition coefficient (Wildman–Crippen LogP) is 5.87. The van der Waals surface area contributed by atoms with E-state index >= 15 is 0 Å². The van der Waals surface area contributed by atoms with E-state index < -0.39 is 0 Å². The van der Waals surface area contributed by atoms with Crippen molar-refractivity contribution in [3.63, 3.8) is 0 Å². The van der Waals surface area contributed by atoms with Crippen LogP contribution < -0.4 is 0 Å². The summed E-state index contributed by atoms with van der Waals surface area (Å²) in [6, 6.07) is 8.09. The number of fused-ring (bicyclic) bond motifs is 6. The van der Waals surface area contributed by atoms with E-state index in [2.05, 4.69) is 61.7 Å². The summed E-state index contributed by atoms with van der Waals surface area (Å²) in [6.07, 6.45) is 3.64. The molecule has 0 aliphatic heterocycles. The van der Waals surface area contributed by atoms with E-state index in [0.717, 1.165) is 38.7 Å². The van der Waals surface area contributed by atoms with Gasteiger partial charge >= 0.3 is 0 Å². The van der Waals surface area contributed by atoms with Crippen molar-refractivity contribution in [1.29, 1.82) is 0 Å². The molecule has 5 aromatic rings. The molecule has 0 bridgehead atoms. The number of rotatable bonds is 1. The Kier molecular flexibility index (Phi) is 3.53. The van der Waals surface area contributed by atoms with Gasteiger partial charge in [0.15, 0.2) is 0 Å². The molecular weight excluding hydrogens is 344 g/mol. The Morgan fingerprint density at radius 2 is 1.18 bits per heavy atom. The molecule has 2 aromatic carbocycles. The average molecular weight is 366 g/mol. The number of H-pyrrole nitrogens is 1. The van der Waals surface area contributed by atoms with Crippen molar-refractivity contribution in [3.8, 4) is 11.4 Å². The van der Waals surface area contributed by atoms with Crippen molar-refractivity contribution < 1.29 is 0 Å². The van der Waals surface area contributed by atoms with Gasteiger partial charge in [0.25, 0.3) is 0 Å². The predicted molar refractivity (Wildman–Crippen MR) is 116 cm³/mol. The Labute approximate surface area is 163 Å². The standard InChI is InChI=1S/C24H22N4/c1-12-13(2)15(4)19(16(5)14(12)3)24-27-22-17-8-6-10-25-20(17)21-18(23(22)28-24)9-7-11-26-21/h6-11H,1-5H3,(H,27,28). The number of hydrogen-bond donors (Lipinski definition) is 1. The lowest BCUT2D eigenvalue weighted by atomic mass is 9.89. The Morgan fingerprint density at radius 3 is 1.82 bits per heavy atom. The quantitative estimate of drug-likeness (QED) is 0.378. The summed E-state index contributed by atoms with van der Waals surface area (Å²) < 4.78 is 0. The molecule has 4 nitrogen and oxygen atoms in total. The highest BCUT2D eigenvalue weighted by atomic mass is 14.9. The highest BCUT2D eigenvalue weighted by Crippen LogP contribution is 2.37. The van der Waals surface area contributed by atoms with Crippen LogP contribution in [0.15, 0.2) is 36.7 Å². The van der Waals surface area contributed by atoms with Crippen molar-refractivity contribution >= 4 is 32.8 Å². The zero-order valence-corrected chi connectivity index (χ0v) is 16.8. The minimum Gasteiger partial charge on any atom is -0.337 e. The van der Waals surface area contributed by atoms with Crippen molar-refractivity contribution in [2.75, 3.05) is 0 Å². The monoisotopic (exact) mass is 366 g/mol. The van der Waals surface area contributed by atoms with Crippen molar-refractivity contribution in [1.82, 2.24) is 19.9 Å². The molecule has 28 heavy (non-hydrogen) atoms. The zero-order valence-electron chi connectivity index (χ0n) is 16.8. The minimum atomic E-state index is 0.897. The fraction of sp³-hybridized carbons (Fsp3) is 0.208. The zero-order chi connectivity index (χ0) is 19.6. The summed E-state index contributed by atoms with van der Waals surface area (Å²) in [7, 11) is 0. The molecule has 0 fully saturated rings. The van der Waals surface area contributed by atoms with Crippen LogP contribution in [-0.4, -0.2) is 19.9 Å². The lowest BCUT2D eigenvalue weighted by molar-refractivity contribution is 1.16. The number of nitrogens with zero attached hydrogens (tertiary/aromatic N) is 3. The fourth-order valence-electron chi connectivity index (χ4n) is 4.32. The molecule has 1 N–H and O–H groups in total. The maximum Gasteiger partial charge on any atom is 0.139 e. The van der Waals surface area contributed by atoms with Crippen LogP contribution in [0.4, 0.5) is 0 Å². The van der Waals surface area contributed by atoms with Gasteiger partial charge in [-0.15, -0.1) is 0 Å². The number of hydrogen-bond acceptors (Lipinski definition) is 3. The van der Waals surface area contributed by atoms with Crippen LogP contribution in [0.5, 0.6) is 0 Å². The maximum absolute atomic E-state index is 5.07. The minimum absolute atomic E-state index is 0.897. The van der Waals surface area contributed by atoms with E-state index in [1.807, 2.05) is 24.5 Å². The summed E-state index contributed by atoms with van der Waals surface area (Å²) in [5.74, 6) is 0.915. The van der Waals surface area contributed by atoms with Crippen LogP contribution in [0.2, 0.25) is 0 Å². The van der Waals surface area contributed by atoms with Crippen LogP contribution >= 0.6 is 0 Å². The Balaban J connectivity index is 1.96. The molecule has 0 atom stereocenters. The van der Waals surface area contributed by atoms with Crippen molar-refractivity contribution in [3.05, 3.63) is 64.5 Å². The second kappa shape index (κ2) is 5.86. The highest BCUT2D eigenvalue weighted by molar-refractivity contribution is 6.21. The van der Waals surface area contributed by atoms with Crippen LogP contribution in [0.25, 0.3) is 44.2 Å². The second-order valence-electron chi connectivity index (χ2n) is 7.61. The van der Waals surface area contributed by atoms with Gasteiger partial charge in [0, 0.05) is 28.7 Å². The van der Waals surface area contributed by atoms with Gasteiger partial charge in [-0.1, -0.05) is 0 Å². The van der Waals surface area contributed by atoms with Crippen LogP contribution in [0.1, 0.15) is 27.8 Å². The van der Waals surface area contributed by atoms with Gasteiger partial charge in [0.2, 0.25) is 0 Å². The third-order valence-electron chi connectivity index (χ3n) is 6.30. The summed E-state index contributed by atoms with van der Waals surface area (Å²) in [5.41, 5.74) is 11.6. The Hall–Kier alpha value is -3.27. The number of pyridine rings is 2. The first-order valence-electron chi connectivity index (χ1n) is 9.57. The van der Waals surface area contributed by atoms with E-state index in [0.29, 0.717) is 0 Å². The van der Waals surface area contributed by atoms with Crippen molar-refractivity contribution in [2.45, 2.75) is 34.6 Å². The van der Waals surface area contributed by atoms with Crippen LogP contribution in [-0.2, 0) is 0 Å². The van der Waals surface area contributed by atoms with Gasteiger partial charge in [-0.05, 0) is 86.7 Å². The van der Waals surface area contributed by atoms with Gasteiger partial charge in [0.1, 0.15) is 5.82 Å². The normalized spacial score (nSPS) is 11.8. The van der Waals surface area contributed by atoms with Gasteiger partial charge in [0.05, 0.1) is 22.1 Å². The SMILES string of the molecule is Cc1c(C)c(C)c(-c2nc3c4cccnc4c4ncccc4c3[nH]2)c(C)c1C. The van der Waals surface area contributed by atoms with E-state index in [1.165, 1.54) is 33.4 Å². The maximum atomic E-state index is 5.07. The lowest BCUT2D eigenvalue weighted by Gasteiger charge is -2.17. The molecular formula is C24H22N4. The molecule has 4 heteroatoms. The topological polar surface area (TPSA) is 54.5 Å². The molecule has 0 saturated heterocycles. The summed E-state index contributed by atoms with van der Waals surface area (Å²) in [4.78, 5) is 17.9. The van der Waals surface area contributed by atoms with E-state index in [1.54, 1.807) is 0 Å². The number of aromatic amines is 1. The summed E-state index contributed by atoms with van der Waals surface area (Å²) >= 11 is 0.